The Morgan fingerprint density at radius 3 is 2.74 bits per heavy atom. The highest BCUT2D eigenvalue weighted by atomic mass is 32.1. The molecular weight excluding hydrogens is 256 g/mol. The Morgan fingerprint density at radius 1 is 1.32 bits per heavy atom. The largest absolute Gasteiger partial charge is 0.487 e. The number of nitrogens with two attached hydrogens (primary N) is 1. The summed E-state index contributed by atoms with van der Waals surface area (Å²) in [7, 11) is 0. The topological polar surface area (TPSA) is 48.1 Å². The average Bonchev–Trinajstić information content (AvgIpc) is 2.85. The molecule has 2 rings (SSSR count). The normalized spacial score (nSPS) is 12.7. The van der Waals surface area contributed by atoms with Gasteiger partial charge in [-0.25, -0.2) is 4.98 Å². The first-order valence-electron chi connectivity index (χ1n) is 6.49. The van der Waals surface area contributed by atoms with E-state index in [4.69, 9.17) is 10.5 Å². The molecule has 0 aliphatic carbocycles. The van der Waals surface area contributed by atoms with Crippen molar-refractivity contribution in [1.29, 1.82) is 0 Å². The summed E-state index contributed by atoms with van der Waals surface area (Å²) in [6, 6.07) is 7.93. The van der Waals surface area contributed by atoms with Crippen molar-refractivity contribution in [2.75, 3.05) is 0 Å². The third-order valence-electron chi connectivity index (χ3n) is 2.83. The molecule has 0 saturated heterocycles. The minimum atomic E-state index is 0.0235. The molecule has 0 fully saturated rings. The lowest BCUT2D eigenvalue weighted by molar-refractivity contribution is 0.301. The second kappa shape index (κ2) is 6.17. The van der Waals surface area contributed by atoms with Crippen LogP contribution in [0.5, 0.6) is 5.75 Å². The van der Waals surface area contributed by atoms with Gasteiger partial charge in [-0.2, -0.15) is 0 Å². The Kier molecular flexibility index (Phi) is 4.56. The molecule has 0 aliphatic heterocycles. The molecule has 102 valence electrons. The van der Waals surface area contributed by atoms with Gasteiger partial charge in [-0.05, 0) is 24.6 Å². The van der Waals surface area contributed by atoms with Gasteiger partial charge in [0.2, 0.25) is 0 Å². The van der Waals surface area contributed by atoms with Crippen molar-refractivity contribution < 1.29 is 4.74 Å². The molecule has 1 heterocycles. The van der Waals surface area contributed by atoms with Crippen molar-refractivity contribution in [3.63, 3.8) is 0 Å². The van der Waals surface area contributed by atoms with Crippen molar-refractivity contribution in [2.24, 2.45) is 5.73 Å². The SMILES string of the molecule is CC(C)c1nc(COc2cccc(C(C)N)c2)cs1. The summed E-state index contributed by atoms with van der Waals surface area (Å²) in [4.78, 5) is 4.55. The van der Waals surface area contributed by atoms with E-state index in [0.717, 1.165) is 22.0 Å². The Labute approximate surface area is 118 Å². The van der Waals surface area contributed by atoms with Crippen molar-refractivity contribution in [1.82, 2.24) is 4.98 Å². The number of aromatic nitrogens is 1. The molecule has 0 radical (unpaired) electrons. The molecule has 1 aromatic heterocycles. The summed E-state index contributed by atoms with van der Waals surface area (Å²) >= 11 is 1.69. The number of hydrogen-bond donors (Lipinski definition) is 1. The molecular formula is C15H20N2OS. The molecule has 1 unspecified atom stereocenters. The van der Waals surface area contributed by atoms with Crippen LogP contribution in [0.25, 0.3) is 0 Å². The smallest absolute Gasteiger partial charge is 0.131 e. The Balaban J connectivity index is 1.99. The van der Waals surface area contributed by atoms with Crippen LogP contribution in [0, 0.1) is 0 Å². The van der Waals surface area contributed by atoms with E-state index in [0.29, 0.717) is 12.5 Å². The van der Waals surface area contributed by atoms with E-state index in [1.165, 1.54) is 0 Å². The first-order valence-corrected chi connectivity index (χ1v) is 7.37. The zero-order valence-corrected chi connectivity index (χ0v) is 12.4. The maximum Gasteiger partial charge on any atom is 0.131 e. The van der Waals surface area contributed by atoms with Crippen LogP contribution in [-0.2, 0) is 6.61 Å². The fourth-order valence-corrected chi connectivity index (χ4v) is 2.52. The molecule has 2 N–H and O–H groups in total. The number of thiazole rings is 1. The third-order valence-corrected chi connectivity index (χ3v) is 4.03. The summed E-state index contributed by atoms with van der Waals surface area (Å²) in [5.74, 6) is 1.31. The highest BCUT2D eigenvalue weighted by molar-refractivity contribution is 7.09. The van der Waals surface area contributed by atoms with Crippen molar-refractivity contribution in [3.05, 3.63) is 45.9 Å². The van der Waals surface area contributed by atoms with Gasteiger partial charge in [0.15, 0.2) is 0 Å². The van der Waals surface area contributed by atoms with Crippen LogP contribution in [-0.4, -0.2) is 4.98 Å². The van der Waals surface area contributed by atoms with Crippen LogP contribution in [0.4, 0.5) is 0 Å². The molecule has 0 amide bonds. The second-order valence-corrected chi connectivity index (χ2v) is 5.87. The number of rotatable bonds is 5. The summed E-state index contributed by atoms with van der Waals surface area (Å²) in [5, 5.41) is 3.22. The summed E-state index contributed by atoms with van der Waals surface area (Å²) in [5.41, 5.74) is 7.93. The molecule has 1 aromatic carbocycles. The van der Waals surface area contributed by atoms with Gasteiger partial charge in [0.1, 0.15) is 12.4 Å². The fraction of sp³-hybridized carbons (Fsp3) is 0.400. The van der Waals surface area contributed by atoms with Crippen LogP contribution in [0.1, 0.15) is 49.0 Å². The first kappa shape index (κ1) is 14.0. The molecule has 0 aliphatic rings. The van der Waals surface area contributed by atoms with Crippen molar-refractivity contribution >= 4 is 11.3 Å². The van der Waals surface area contributed by atoms with Gasteiger partial charge in [0, 0.05) is 17.3 Å². The Bertz CT molecular complexity index is 534. The summed E-state index contributed by atoms with van der Waals surface area (Å²) in [6.45, 7) is 6.77. The molecule has 0 spiro atoms. The summed E-state index contributed by atoms with van der Waals surface area (Å²) < 4.78 is 5.76. The van der Waals surface area contributed by atoms with Gasteiger partial charge in [-0.15, -0.1) is 11.3 Å². The van der Waals surface area contributed by atoms with E-state index >= 15 is 0 Å². The number of nitrogens with zero attached hydrogens (tertiary/aromatic N) is 1. The lowest BCUT2D eigenvalue weighted by Gasteiger charge is -2.09. The van der Waals surface area contributed by atoms with Gasteiger partial charge in [0.25, 0.3) is 0 Å². The maximum absolute atomic E-state index is 5.86. The molecule has 2 aromatic rings. The quantitative estimate of drug-likeness (QED) is 0.902. The van der Waals surface area contributed by atoms with Gasteiger partial charge >= 0.3 is 0 Å². The van der Waals surface area contributed by atoms with Crippen LogP contribution in [0.15, 0.2) is 29.6 Å². The van der Waals surface area contributed by atoms with Crippen molar-refractivity contribution in [3.8, 4) is 5.75 Å². The van der Waals surface area contributed by atoms with E-state index in [2.05, 4.69) is 24.2 Å². The van der Waals surface area contributed by atoms with Crippen LogP contribution < -0.4 is 10.5 Å². The van der Waals surface area contributed by atoms with Crippen LogP contribution >= 0.6 is 11.3 Å². The molecule has 3 nitrogen and oxygen atoms in total. The Hall–Kier alpha value is -1.39. The highest BCUT2D eigenvalue weighted by Crippen LogP contribution is 2.21. The van der Waals surface area contributed by atoms with Gasteiger partial charge in [-0.3, -0.25) is 0 Å². The average molecular weight is 276 g/mol. The monoisotopic (exact) mass is 276 g/mol. The van der Waals surface area contributed by atoms with Crippen LogP contribution in [0.2, 0.25) is 0 Å². The van der Waals surface area contributed by atoms with Crippen molar-refractivity contribution in [2.45, 2.75) is 39.3 Å². The lowest BCUT2D eigenvalue weighted by atomic mass is 10.1. The van der Waals surface area contributed by atoms with E-state index in [9.17, 15) is 0 Å². The molecule has 4 heteroatoms. The minimum Gasteiger partial charge on any atom is -0.487 e. The maximum atomic E-state index is 5.86. The molecule has 1 atom stereocenters. The molecule has 0 bridgehead atoms. The highest BCUT2D eigenvalue weighted by Gasteiger charge is 2.07. The van der Waals surface area contributed by atoms with E-state index in [1.807, 2.05) is 31.2 Å². The van der Waals surface area contributed by atoms with E-state index < -0.39 is 0 Å². The first-order chi connectivity index (χ1) is 9.06. The van der Waals surface area contributed by atoms with Gasteiger partial charge < -0.3 is 10.5 Å². The van der Waals surface area contributed by atoms with Gasteiger partial charge in [-0.1, -0.05) is 26.0 Å². The predicted octanol–water partition coefficient (Wildman–Crippen LogP) is 3.87. The number of hydrogen-bond acceptors (Lipinski definition) is 4. The minimum absolute atomic E-state index is 0.0235. The van der Waals surface area contributed by atoms with E-state index in [1.54, 1.807) is 11.3 Å². The molecule has 0 saturated carbocycles. The predicted molar refractivity (Wildman–Crippen MR) is 79.6 cm³/mol. The number of benzene rings is 1. The van der Waals surface area contributed by atoms with Crippen LogP contribution in [0.3, 0.4) is 0 Å². The zero-order valence-electron chi connectivity index (χ0n) is 11.6. The van der Waals surface area contributed by atoms with Gasteiger partial charge in [0.05, 0.1) is 10.7 Å². The molecule has 19 heavy (non-hydrogen) atoms. The van der Waals surface area contributed by atoms with E-state index in [-0.39, 0.29) is 6.04 Å². The zero-order chi connectivity index (χ0) is 13.8. The standard InChI is InChI=1S/C15H20N2OS/c1-10(2)15-17-13(9-19-15)8-18-14-6-4-5-12(7-14)11(3)16/h4-7,9-11H,8,16H2,1-3H3. The summed E-state index contributed by atoms with van der Waals surface area (Å²) in [6.07, 6.45) is 0. The number of ether oxygens (including phenoxy) is 1. The Morgan fingerprint density at radius 2 is 2.11 bits per heavy atom. The third kappa shape index (κ3) is 3.78. The second-order valence-electron chi connectivity index (χ2n) is 4.98. The fourth-order valence-electron chi connectivity index (χ4n) is 1.70. The lowest BCUT2D eigenvalue weighted by Crippen LogP contribution is -2.05.